The Morgan fingerprint density at radius 2 is 2.50 bits per heavy atom. The molecule has 0 saturated carbocycles. The van der Waals surface area contributed by atoms with Gasteiger partial charge in [-0.25, -0.2) is 0 Å². The highest BCUT2D eigenvalue weighted by Crippen LogP contribution is 2.14. The van der Waals surface area contributed by atoms with Crippen LogP contribution in [0, 0.1) is 27.6 Å². The first-order chi connectivity index (χ1) is 4.93. The zero-order chi connectivity index (χ0) is 7.23. The molecule has 0 amide bonds. The van der Waals surface area contributed by atoms with Gasteiger partial charge in [0.15, 0.2) is 0 Å². The highest BCUT2D eigenvalue weighted by atomic mass is 127. The van der Waals surface area contributed by atoms with Crippen molar-refractivity contribution in [3.63, 3.8) is 0 Å². The Morgan fingerprint density at radius 3 is 3.10 bits per heavy atom. The van der Waals surface area contributed by atoms with Gasteiger partial charge >= 0.3 is 0 Å². The van der Waals surface area contributed by atoms with E-state index < -0.39 is 0 Å². The first kappa shape index (κ1) is 7.95. The van der Waals surface area contributed by atoms with Crippen LogP contribution < -0.4 is 0 Å². The van der Waals surface area contributed by atoms with Crippen LogP contribution in [-0.2, 0) is 0 Å². The average molecular weight is 244 g/mol. The summed E-state index contributed by atoms with van der Waals surface area (Å²) in [7, 11) is 0. The Balaban J connectivity index is 2.35. The normalized spacial score (nSPS) is 21.9. The summed E-state index contributed by atoms with van der Waals surface area (Å²) < 4.78 is 2.87. The molecule has 1 aliphatic rings. The molecule has 0 aromatic heterocycles. The van der Waals surface area contributed by atoms with Crippen LogP contribution in [0.1, 0.15) is 25.7 Å². The van der Waals surface area contributed by atoms with Gasteiger partial charge in [0.25, 0.3) is 0 Å². The molecule has 1 rings (SSSR count). The first-order valence-corrected chi connectivity index (χ1v) is 4.58. The van der Waals surface area contributed by atoms with Crippen molar-refractivity contribution in [1.82, 2.24) is 0 Å². The molecule has 0 radical (unpaired) electrons. The Hall–Kier alpha value is -0.150. The van der Waals surface area contributed by atoms with Gasteiger partial charge < -0.3 is 0 Å². The predicted octanol–water partition coefficient (Wildman–Crippen LogP) is 2.58. The Labute approximate surface area is 75.9 Å². The molecule has 0 aromatic rings. The van der Waals surface area contributed by atoms with E-state index in [1.165, 1.54) is 12.8 Å². The average Bonchev–Trinajstić information content (AvgIpc) is 2.03. The van der Waals surface area contributed by atoms with Crippen LogP contribution in [-0.4, -0.2) is 0 Å². The smallest absolute Gasteiger partial charge is 0.0312 e. The summed E-state index contributed by atoms with van der Waals surface area (Å²) in [6.45, 7) is 0. The fourth-order valence-electron chi connectivity index (χ4n) is 1.04. The first-order valence-electron chi connectivity index (χ1n) is 3.50. The zero-order valence-electron chi connectivity index (χ0n) is 5.78. The van der Waals surface area contributed by atoms with Gasteiger partial charge in [0, 0.05) is 41.4 Å². The highest BCUT2D eigenvalue weighted by Gasteiger charge is 2.05. The van der Waals surface area contributed by atoms with E-state index in [2.05, 4.69) is 44.3 Å². The predicted molar refractivity (Wildman–Crippen MR) is 51.5 cm³/mol. The maximum Gasteiger partial charge on any atom is 0.0312 e. The number of hydrogen-bond acceptors (Lipinski definition) is 0. The second kappa shape index (κ2) is 4.63. The van der Waals surface area contributed by atoms with Gasteiger partial charge in [-0.15, -0.1) is 5.92 Å². The molecule has 0 fully saturated rings. The minimum Gasteiger partial charge on any atom is -0.103 e. The van der Waals surface area contributed by atoms with E-state index in [-0.39, 0.29) is 0 Å². The van der Waals surface area contributed by atoms with Gasteiger partial charge in [0.1, 0.15) is 0 Å². The number of halogens is 1. The van der Waals surface area contributed by atoms with Crippen LogP contribution in [0.25, 0.3) is 0 Å². The summed E-state index contributed by atoms with van der Waals surface area (Å²) in [4.78, 5) is 0. The van der Waals surface area contributed by atoms with Crippen LogP contribution in [0.15, 0.2) is 0 Å². The Morgan fingerprint density at radius 1 is 1.60 bits per heavy atom. The van der Waals surface area contributed by atoms with Crippen molar-refractivity contribution in [2.45, 2.75) is 25.7 Å². The zero-order valence-corrected chi connectivity index (χ0v) is 7.94. The summed E-state index contributed by atoms with van der Waals surface area (Å²) in [5, 5.41) is 0. The molecule has 10 heavy (non-hydrogen) atoms. The molecule has 0 bridgehead atoms. The minimum atomic E-state index is 0.566. The summed E-state index contributed by atoms with van der Waals surface area (Å²) in [5.41, 5.74) is 0. The molecule has 0 saturated heterocycles. The van der Waals surface area contributed by atoms with Gasteiger partial charge in [-0.1, -0.05) is 11.8 Å². The van der Waals surface area contributed by atoms with Gasteiger partial charge in [0.05, 0.1) is 0 Å². The molecule has 0 nitrogen and oxygen atoms in total. The van der Waals surface area contributed by atoms with E-state index in [1.807, 2.05) is 0 Å². The molecule has 0 N–H and O–H groups in total. The van der Waals surface area contributed by atoms with Crippen molar-refractivity contribution in [3.05, 3.63) is 0 Å². The fourth-order valence-corrected chi connectivity index (χ4v) is 1.26. The maximum atomic E-state index is 3.20. The third-order valence-corrected chi connectivity index (χ3v) is 1.96. The summed E-state index contributed by atoms with van der Waals surface area (Å²) >= 11 is 2.07. The molecule has 1 heteroatoms. The molecular weight excluding hydrogens is 235 g/mol. The van der Waals surface area contributed by atoms with Crippen molar-refractivity contribution in [1.29, 1.82) is 0 Å². The number of hydrogen-bond donors (Lipinski definition) is 0. The molecule has 0 aliphatic heterocycles. The van der Waals surface area contributed by atoms with Gasteiger partial charge in [-0.2, -0.15) is 0 Å². The van der Waals surface area contributed by atoms with E-state index in [0.717, 1.165) is 12.8 Å². The molecule has 0 aromatic carbocycles. The largest absolute Gasteiger partial charge is 0.103 e. The monoisotopic (exact) mass is 244 g/mol. The summed E-state index contributed by atoms with van der Waals surface area (Å²) in [6, 6.07) is 0. The van der Waals surface area contributed by atoms with Gasteiger partial charge in [-0.3, -0.25) is 0 Å². The van der Waals surface area contributed by atoms with Crippen LogP contribution in [0.5, 0.6) is 0 Å². The van der Waals surface area contributed by atoms with E-state index in [4.69, 9.17) is 0 Å². The third-order valence-electron chi connectivity index (χ3n) is 1.58. The van der Waals surface area contributed by atoms with Crippen LogP contribution in [0.2, 0.25) is 0 Å². The molecule has 0 heterocycles. The SMILES string of the molecule is IC#CCC1C#CCCC1. The quantitative estimate of drug-likeness (QED) is 0.491. The Bertz CT molecular complexity index is 208. The highest BCUT2D eigenvalue weighted by molar-refractivity contribution is 14.1. The summed E-state index contributed by atoms with van der Waals surface area (Å²) in [5.74, 6) is 9.94. The Kier molecular flexibility index (Phi) is 3.68. The van der Waals surface area contributed by atoms with E-state index >= 15 is 0 Å². The lowest BCUT2D eigenvalue weighted by molar-refractivity contribution is 0.583. The van der Waals surface area contributed by atoms with Crippen LogP contribution in [0.3, 0.4) is 0 Å². The van der Waals surface area contributed by atoms with Crippen molar-refractivity contribution in [2.24, 2.45) is 5.92 Å². The van der Waals surface area contributed by atoms with Crippen molar-refractivity contribution >= 4 is 22.6 Å². The summed E-state index contributed by atoms with van der Waals surface area (Å²) in [6.07, 6.45) is 4.57. The second-order valence-electron chi connectivity index (χ2n) is 2.39. The molecule has 52 valence electrons. The van der Waals surface area contributed by atoms with Gasteiger partial charge in [0.2, 0.25) is 0 Å². The maximum absolute atomic E-state index is 3.20. The minimum absolute atomic E-state index is 0.566. The third kappa shape index (κ3) is 2.62. The van der Waals surface area contributed by atoms with E-state index in [0.29, 0.717) is 5.92 Å². The topological polar surface area (TPSA) is 0 Å². The molecular formula is C9H9I. The van der Waals surface area contributed by atoms with Gasteiger partial charge in [-0.05, 0) is 16.8 Å². The molecule has 0 spiro atoms. The van der Waals surface area contributed by atoms with Crippen LogP contribution in [0.4, 0.5) is 0 Å². The lowest BCUT2D eigenvalue weighted by Crippen LogP contribution is -1.99. The van der Waals surface area contributed by atoms with E-state index in [1.54, 1.807) is 0 Å². The number of rotatable bonds is 1. The van der Waals surface area contributed by atoms with Crippen LogP contribution >= 0.6 is 22.6 Å². The second-order valence-corrected chi connectivity index (χ2v) is 2.93. The molecule has 1 unspecified atom stereocenters. The molecule has 1 atom stereocenters. The van der Waals surface area contributed by atoms with Crippen molar-refractivity contribution < 1.29 is 0 Å². The van der Waals surface area contributed by atoms with Crippen molar-refractivity contribution in [2.75, 3.05) is 0 Å². The standard InChI is InChI=1S/C9H9I/c10-8-4-7-9-5-2-1-3-6-9/h9H,1-2,5,7H2. The fraction of sp³-hybridized carbons (Fsp3) is 0.556. The van der Waals surface area contributed by atoms with Crippen molar-refractivity contribution in [3.8, 4) is 21.7 Å². The lowest BCUT2D eigenvalue weighted by Gasteiger charge is -2.08. The van der Waals surface area contributed by atoms with E-state index in [9.17, 15) is 0 Å². The molecule has 1 aliphatic carbocycles. The lowest BCUT2D eigenvalue weighted by atomic mass is 9.96.